The minimum absolute atomic E-state index is 0.126. The number of nitrogens with two attached hydrogens (primary N) is 1. The third kappa shape index (κ3) is 6.87. The summed E-state index contributed by atoms with van der Waals surface area (Å²) in [7, 11) is -2.87. The van der Waals surface area contributed by atoms with Crippen LogP contribution in [0.25, 0.3) is 0 Å². The molecule has 0 aliphatic heterocycles. The summed E-state index contributed by atoms with van der Waals surface area (Å²) in [6.45, 7) is 6.40. The fourth-order valence-corrected chi connectivity index (χ4v) is 2.08. The van der Waals surface area contributed by atoms with Gasteiger partial charge in [-0.05, 0) is 33.6 Å². The highest BCUT2D eigenvalue weighted by Gasteiger charge is 2.26. The Morgan fingerprint density at radius 1 is 1.40 bits per heavy atom. The van der Waals surface area contributed by atoms with E-state index >= 15 is 0 Å². The van der Waals surface area contributed by atoms with Crippen molar-refractivity contribution in [2.75, 3.05) is 18.6 Å². The van der Waals surface area contributed by atoms with E-state index in [0.717, 1.165) is 0 Å². The molecule has 0 saturated heterocycles. The highest BCUT2D eigenvalue weighted by atomic mass is 32.2. The van der Waals surface area contributed by atoms with E-state index in [2.05, 4.69) is 0 Å². The first-order chi connectivity index (χ1) is 6.69. The van der Waals surface area contributed by atoms with Crippen LogP contribution in [0, 0.1) is 0 Å². The van der Waals surface area contributed by atoms with E-state index in [9.17, 15) is 8.42 Å². The quantitative estimate of drug-likeness (QED) is 0.716. The molecule has 0 aliphatic rings. The van der Waals surface area contributed by atoms with Gasteiger partial charge in [0, 0.05) is 24.7 Å². The zero-order chi connectivity index (χ0) is 12.1. The first kappa shape index (κ1) is 14.9. The molecule has 0 aromatic carbocycles. The van der Waals surface area contributed by atoms with Gasteiger partial charge in [0.1, 0.15) is 9.84 Å². The van der Waals surface area contributed by atoms with Gasteiger partial charge in [-0.3, -0.25) is 0 Å². The van der Waals surface area contributed by atoms with Crippen molar-refractivity contribution in [2.24, 2.45) is 5.73 Å². The predicted molar refractivity (Wildman–Crippen MR) is 62.6 cm³/mol. The Labute approximate surface area is 93.1 Å². The van der Waals surface area contributed by atoms with Gasteiger partial charge in [-0.1, -0.05) is 0 Å². The fourth-order valence-electron chi connectivity index (χ4n) is 1.39. The monoisotopic (exact) mass is 237 g/mol. The second-order valence-corrected chi connectivity index (χ2v) is 6.67. The molecule has 1 atom stereocenters. The van der Waals surface area contributed by atoms with Gasteiger partial charge in [0.2, 0.25) is 0 Å². The average molecular weight is 237 g/mol. The largest absolute Gasteiger partial charge is 0.374 e. The zero-order valence-electron chi connectivity index (χ0n) is 10.1. The maximum absolute atomic E-state index is 10.9. The van der Waals surface area contributed by atoms with Gasteiger partial charge >= 0.3 is 0 Å². The molecule has 0 aliphatic carbocycles. The molecule has 0 aromatic heterocycles. The Bertz CT molecular complexity index is 272. The summed E-state index contributed by atoms with van der Waals surface area (Å²) in [6.07, 6.45) is 2.50. The Kier molecular flexibility index (Phi) is 5.77. The number of ether oxygens (including phenoxy) is 1. The molecule has 1 unspecified atom stereocenters. The van der Waals surface area contributed by atoms with Crippen LogP contribution in [0.5, 0.6) is 0 Å². The van der Waals surface area contributed by atoms with Crippen LogP contribution in [0.4, 0.5) is 0 Å². The highest BCUT2D eigenvalue weighted by molar-refractivity contribution is 7.90. The summed E-state index contributed by atoms with van der Waals surface area (Å²) in [5.41, 5.74) is 5.56. The summed E-state index contributed by atoms with van der Waals surface area (Å²) >= 11 is 0. The number of hydrogen-bond donors (Lipinski definition) is 1. The standard InChI is InChI=1S/C10H23NO3S/c1-5-14-10(2,3)9(11)7-6-8-15(4,12)13/h9H,5-8,11H2,1-4H3. The summed E-state index contributed by atoms with van der Waals surface area (Å²) < 4.78 is 27.3. The number of rotatable bonds is 7. The van der Waals surface area contributed by atoms with E-state index in [1.165, 1.54) is 6.26 Å². The van der Waals surface area contributed by atoms with Crippen LogP contribution in [0.2, 0.25) is 0 Å². The van der Waals surface area contributed by atoms with Gasteiger partial charge < -0.3 is 10.5 Å². The molecule has 0 aromatic rings. The van der Waals surface area contributed by atoms with E-state index in [1.54, 1.807) is 0 Å². The molecule has 0 fully saturated rings. The second kappa shape index (κ2) is 5.82. The normalized spacial score (nSPS) is 15.3. The average Bonchev–Trinajstić information content (AvgIpc) is 2.01. The van der Waals surface area contributed by atoms with Crippen molar-refractivity contribution in [2.45, 2.75) is 45.3 Å². The minimum Gasteiger partial charge on any atom is -0.374 e. The molecule has 0 radical (unpaired) electrons. The van der Waals surface area contributed by atoms with E-state index in [4.69, 9.17) is 10.5 Å². The molecule has 4 nitrogen and oxygen atoms in total. The molecule has 15 heavy (non-hydrogen) atoms. The van der Waals surface area contributed by atoms with E-state index in [-0.39, 0.29) is 17.4 Å². The highest BCUT2D eigenvalue weighted by Crippen LogP contribution is 2.17. The van der Waals surface area contributed by atoms with Gasteiger partial charge in [-0.15, -0.1) is 0 Å². The topological polar surface area (TPSA) is 69.4 Å². The predicted octanol–water partition coefficient (Wildman–Crippen LogP) is 0.954. The third-order valence-electron chi connectivity index (χ3n) is 2.44. The van der Waals surface area contributed by atoms with E-state index < -0.39 is 9.84 Å². The van der Waals surface area contributed by atoms with Crippen LogP contribution in [-0.2, 0) is 14.6 Å². The fraction of sp³-hybridized carbons (Fsp3) is 1.00. The molecule has 5 heteroatoms. The van der Waals surface area contributed by atoms with Gasteiger partial charge in [-0.2, -0.15) is 0 Å². The van der Waals surface area contributed by atoms with E-state index in [1.807, 2.05) is 20.8 Å². The van der Waals surface area contributed by atoms with Crippen molar-refractivity contribution in [3.8, 4) is 0 Å². The van der Waals surface area contributed by atoms with E-state index in [0.29, 0.717) is 19.4 Å². The Balaban J connectivity index is 3.98. The van der Waals surface area contributed by atoms with Crippen LogP contribution < -0.4 is 5.73 Å². The van der Waals surface area contributed by atoms with Crippen LogP contribution >= 0.6 is 0 Å². The Morgan fingerprint density at radius 2 is 1.93 bits per heavy atom. The first-order valence-corrected chi connectivity index (χ1v) is 7.32. The maximum atomic E-state index is 10.9. The SMILES string of the molecule is CCOC(C)(C)C(N)CCCS(C)(=O)=O. The maximum Gasteiger partial charge on any atom is 0.147 e. The zero-order valence-corrected chi connectivity index (χ0v) is 10.9. The molecule has 0 amide bonds. The molecule has 92 valence electrons. The van der Waals surface area contributed by atoms with Crippen LogP contribution in [-0.4, -0.2) is 38.7 Å². The Morgan fingerprint density at radius 3 is 2.33 bits per heavy atom. The molecular weight excluding hydrogens is 214 g/mol. The van der Waals surface area contributed by atoms with Crippen molar-refractivity contribution < 1.29 is 13.2 Å². The van der Waals surface area contributed by atoms with Crippen molar-refractivity contribution in [1.29, 1.82) is 0 Å². The van der Waals surface area contributed by atoms with Crippen LogP contribution in [0.1, 0.15) is 33.6 Å². The number of sulfone groups is 1. The minimum atomic E-state index is -2.87. The molecule has 0 rings (SSSR count). The summed E-state index contributed by atoms with van der Waals surface area (Å²) in [6, 6.07) is -0.126. The van der Waals surface area contributed by atoms with Gasteiger partial charge in [0.25, 0.3) is 0 Å². The first-order valence-electron chi connectivity index (χ1n) is 5.26. The summed E-state index contributed by atoms with van der Waals surface area (Å²) in [5.74, 6) is 0.197. The smallest absolute Gasteiger partial charge is 0.147 e. The Hall–Kier alpha value is -0.130. The number of hydrogen-bond acceptors (Lipinski definition) is 4. The van der Waals surface area contributed by atoms with Crippen molar-refractivity contribution >= 4 is 9.84 Å². The lowest BCUT2D eigenvalue weighted by Gasteiger charge is -2.31. The van der Waals surface area contributed by atoms with Crippen LogP contribution in [0.15, 0.2) is 0 Å². The van der Waals surface area contributed by atoms with Crippen molar-refractivity contribution in [3.63, 3.8) is 0 Å². The van der Waals surface area contributed by atoms with Gasteiger partial charge in [0.15, 0.2) is 0 Å². The van der Waals surface area contributed by atoms with Gasteiger partial charge in [-0.25, -0.2) is 8.42 Å². The lowest BCUT2D eigenvalue weighted by atomic mass is 9.95. The molecule has 2 N–H and O–H groups in total. The molecule has 0 heterocycles. The molecule has 0 bridgehead atoms. The molecule has 0 spiro atoms. The molecule has 0 saturated carbocycles. The van der Waals surface area contributed by atoms with Crippen molar-refractivity contribution in [1.82, 2.24) is 0 Å². The molecular formula is C10H23NO3S. The third-order valence-corrected chi connectivity index (χ3v) is 3.47. The second-order valence-electron chi connectivity index (χ2n) is 4.42. The lowest BCUT2D eigenvalue weighted by Crippen LogP contribution is -2.45. The summed E-state index contributed by atoms with van der Waals surface area (Å²) in [5, 5.41) is 0. The summed E-state index contributed by atoms with van der Waals surface area (Å²) in [4.78, 5) is 0. The van der Waals surface area contributed by atoms with Gasteiger partial charge in [0.05, 0.1) is 5.60 Å². The lowest BCUT2D eigenvalue weighted by molar-refractivity contribution is -0.0307. The van der Waals surface area contributed by atoms with Crippen molar-refractivity contribution in [3.05, 3.63) is 0 Å². The van der Waals surface area contributed by atoms with Crippen LogP contribution in [0.3, 0.4) is 0 Å².